The number of benzene rings is 1. The predicted octanol–water partition coefficient (Wildman–Crippen LogP) is 0.792. The Morgan fingerprint density at radius 1 is 1.11 bits per heavy atom. The lowest BCUT2D eigenvalue weighted by molar-refractivity contribution is -0.896. The summed E-state index contributed by atoms with van der Waals surface area (Å²) >= 11 is 0. The fourth-order valence-corrected chi connectivity index (χ4v) is 4.55. The van der Waals surface area contributed by atoms with Crippen LogP contribution in [-0.4, -0.2) is 43.7 Å². The van der Waals surface area contributed by atoms with Crippen molar-refractivity contribution in [3.8, 4) is 6.07 Å². The molecule has 148 valence electrons. The molecule has 1 unspecified atom stereocenters. The van der Waals surface area contributed by atoms with Gasteiger partial charge >= 0.3 is 5.97 Å². The van der Waals surface area contributed by atoms with E-state index in [-0.39, 0.29) is 36.0 Å². The van der Waals surface area contributed by atoms with Gasteiger partial charge in [0, 0.05) is 12.8 Å². The molecule has 0 amide bonds. The molecule has 1 aliphatic carbocycles. The lowest BCUT2D eigenvalue weighted by atomic mass is 9.70. The fourth-order valence-electron chi connectivity index (χ4n) is 4.55. The van der Waals surface area contributed by atoms with E-state index >= 15 is 0 Å². The lowest BCUT2D eigenvalue weighted by Crippen LogP contribution is -3.00. The van der Waals surface area contributed by atoms with E-state index in [4.69, 9.17) is 10.00 Å². The Morgan fingerprint density at radius 2 is 1.67 bits per heavy atom. The molecule has 1 aliphatic heterocycles. The van der Waals surface area contributed by atoms with Crippen molar-refractivity contribution in [3.05, 3.63) is 35.4 Å². The minimum absolute atomic E-state index is 0. The highest BCUT2D eigenvalue weighted by Gasteiger charge is 2.46. The number of carbonyl (C=O) groups is 1. The summed E-state index contributed by atoms with van der Waals surface area (Å²) in [5.74, 6) is 0.241. The van der Waals surface area contributed by atoms with Crippen LogP contribution in [0.5, 0.6) is 0 Å². The fraction of sp³-hybridized carbons (Fsp3) is 0.636. The molecule has 0 radical (unpaired) electrons. The Balaban J connectivity index is 0.00000261. The van der Waals surface area contributed by atoms with Gasteiger partial charge in [0.2, 0.25) is 0 Å². The summed E-state index contributed by atoms with van der Waals surface area (Å²) in [4.78, 5) is 13.3. The number of nitrogens with zero attached hydrogens (tertiary/aromatic N) is 2. The summed E-state index contributed by atoms with van der Waals surface area (Å²) in [6, 6.07) is 9.68. The summed E-state index contributed by atoms with van der Waals surface area (Å²) in [5, 5.41) is 9.07. The maximum absolute atomic E-state index is 13.3. The molecule has 1 aromatic carbocycles. The van der Waals surface area contributed by atoms with Gasteiger partial charge in [-0.05, 0) is 43.4 Å². The minimum atomic E-state index is -0.619. The van der Waals surface area contributed by atoms with Gasteiger partial charge in [-0.2, -0.15) is 5.26 Å². The second-order valence-electron chi connectivity index (χ2n) is 8.86. The molecule has 2 fully saturated rings. The van der Waals surface area contributed by atoms with Crippen molar-refractivity contribution in [1.29, 1.82) is 5.26 Å². The van der Waals surface area contributed by atoms with Crippen LogP contribution in [0.25, 0.3) is 0 Å². The summed E-state index contributed by atoms with van der Waals surface area (Å²) < 4.78 is 7.06. The van der Waals surface area contributed by atoms with Crippen LogP contribution >= 0.6 is 0 Å². The summed E-state index contributed by atoms with van der Waals surface area (Å²) in [5.41, 5.74) is 0.996. The van der Waals surface area contributed by atoms with E-state index in [0.29, 0.717) is 11.5 Å². The molecule has 27 heavy (non-hydrogen) atoms. The first-order valence-electron chi connectivity index (χ1n) is 9.89. The molecular formula is C22H31IN2O2. The van der Waals surface area contributed by atoms with Crippen molar-refractivity contribution >= 4 is 5.97 Å². The Bertz CT molecular complexity index is 679. The van der Waals surface area contributed by atoms with E-state index in [1.165, 1.54) is 12.8 Å². The van der Waals surface area contributed by atoms with Crippen LogP contribution < -0.4 is 24.0 Å². The second kappa shape index (κ2) is 8.91. The van der Waals surface area contributed by atoms with E-state index in [1.54, 1.807) is 0 Å². The third kappa shape index (κ3) is 4.83. The van der Waals surface area contributed by atoms with Crippen molar-refractivity contribution < 1.29 is 38.0 Å². The van der Waals surface area contributed by atoms with Gasteiger partial charge in [-0.15, -0.1) is 0 Å². The van der Waals surface area contributed by atoms with E-state index in [2.05, 4.69) is 27.1 Å². The average molecular weight is 482 g/mol. The predicted molar refractivity (Wildman–Crippen MR) is 101 cm³/mol. The number of carbonyl (C=O) groups excluding carboxylic acids is 1. The third-order valence-corrected chi connectivity index (χ3v) is 6.60. The minimum Gasteiger partial charge on any atom is -1.00 e. The van der Waals surface area contributed by atoms with Crippen LogP contribution in [0.15, 0.2) is 24.3 Å². The molecule has 0 aromatic heterocycles. The SMILES string of the molecule is CC(C(=O)OC1CC[N+](C)(C)CC1)(c1ccc(C#N)cc1)C1CCCC1.[I-]. The van der Waals surface area contributed by atoms with Crippen LogP contribution in [0.2, 0.25) is 0 Å². The number of rotatable bonds is 4. The number of piperidine rings is 1. The number of hydrogen-bond acceptors (Lipinski definition) is 3. The molecule has 0 N–H and O–H groups in total. The lowest BCUT2D eigenvalue weighted by Gasteiger charge is -2.39. The smallest absolute Gasteiger partial charge is 0.316 e. The number of ether oxygens (including phenoxy) is 1. The van der Waals surface area contributed by atoms with Gasteiger partial charge in [0.25, 0.3) is 0 Å². The Hall–Kier alpha value is -1.13. The molecule has 1 saturated carbocycles. The van der Waals surface area contributed by atoms with Gasteiger partial charge < -0.3 is 33.2 Å². The van der Waals surface area contributed by atoms with Gasteiger partial charge in [0.15, 0.2) is 0 Å². The molecule has 2 aliphatic rings. The van der Waals surface area contributed by atoms with Gasteiger partial charge in [-0.1, -0.05) is 25.0 Å². The average Bonchev–Trinajstić information content (AvgIpc) is 3.18. The number of hydrogen-bond donors (Lipinski definition) is 0. The van der Waals surface area contributed by atoms with Crippen LogP contribution in [0.3, 0.4) is 0 Å². The molecule has 0 bridgehead atoms. The molecule has 1 heterocycles. The maximum atomic E-state index is 13.3. The van der Waals surface area contributed by atoms with Crippen molar-refractivity contribution in [3.63, 3.8) is 0 Å². The van der Waals surface area contributed by atoms with E-state index in [9.17, 15) is 4.79 Å². The van der Waals surface area contributed by atoms with Crippen LogP contribution in [0.4, 0.5) is 0 Å². The highest BCUT2D eigenvalue weighted by Crippen LogP contribution is 2.43. The zero-order valence-electron chi connectivity index (χ0n) is 16.7. The number of nitriles is 1. The number of esters is 1. The van der Waals surface area contributed by atoms with Crippen molar-refractivity contribution in [2.45, 2.75) is 57.0 Å². The molecule has 3 rings (SSSR count). The number of quaternary nitrogens is 1. The van der Waals surface area contributed by atoms with Gasteiger partial charge in [0.1, 0.15) is 6.10 Å². The summed E-state index contributed by atoms with van der Waals surface area (Å²) in [6.07, 6.45) is 6.41. The van der Waals surface area contributed by atoms with Gasteiger partial charge in [0.05, 0.1) is 44.2 Å². The molecule has 1 aromatic rings. The van der Waals surface area contributed by atoms with Gasteiger partial charge in [-0.3, -0.25) is 4.79 Å². The first-order valence-corrected chi connectivity index (χ1v) is 9.89. The topological polar surface area (TPSA) is 50.1 Å². The first kappa shape index (κ1) is 22.2. The van der Waals surface area contributed by atoms with E-state index in [1.807, 2.05) is 24.3 Å². The zero-order valence-corrected chi connectivity index (χ0v) is 18.9. The van der Waals surface area contributed by atoms with Crippen LogP contribution in [0, 0.1) is 17.2 Å². The Morgan fingerprint density at radius 3 is 2.19 bits per heavy atom. The standard InChI is InChI=1S/C22H31N2O2.HI/c1-22(18-6-4-5-7-18,19-10-8-17(16-23)9-11-19)21(25)26-20-12-14-24(2,3)15-13-20;/h8-11,18,20H,4-7,12-15H2,1-3H3;1H/q+1;/p-1. The monoisotopic (exact) mass is 482 g/mol. The highest BCUT2D eigenvalue weighted by molar-refractivity contribution is 5.83. The summed E-state index contributed by atoms with van der Waals surface area (Å²) in [6.45, 7) is 4.15. The van der Waals surface area contributed by atoms with Crippen molar-refractivity contribution in [1.82, 2.24) is 0 Å². The van der Waals surface area contributed by atoms with Crippen molar-refractivity contribution in [2.24, 2.45) is 5.92 Å². The van der Waals surface area contributed by atoms with E-state index in [0.717, 1.165) is 48.8 Å². The second-order valence-corrected chi connectivity index (χ2v) is 8.86. The molecular weight excluding hydrogens is 451 g/mol. The van der Waals surface area contributed by atoms with E-state index < -0.39 is 5.41 Å². The third-order valence-electron chi connectivity index (χ3n) is 6.60. The number of halogens is 1. The Labute approximate surface area is 180 Å². The molecule has 5 heteroatoms. The molecule has 1 atom stereocenters. The molecule has 0 spiro atoms. The van der Waals surface area contributed by atoms with Crippen LogP contribution in [0.1, 0.15) is 56.6 Å². The summed E-state index contributed by atoms with van der Waals surface area (Å²) in [7, 11) is 4.47. The highest BCUT2D eigenvalue weighted by atomic mass is 127. The maximum Gasteiger partial charge on any atom is 0.316 e. The Kier molecular flexibility index (Phi) is 7.32. The first-order chi connectivity index (χ1) is 12.3. The zero-order chi connectivity index (χ0) is 18.8. The largest absolute Gasteiger partial charge is 1.00 e. The quantitative estimate of drug-likeness (QED) is 0.363. The van der Waals surface area contributed by atoms with Gasteiger partial charge in [-0.25, -0.2) is 0 Å². The normalized spacial score (nSPS) is 22.3. The molecule has 4 nitrogen and oxygen atoms in total. The van der Waals surface area contributed by atoms with Crippen molar-refractivity contribution in [2.75, 3.05) is 27.2 Å². The van der Waals surface area contributed by atoms with Crippen LogP contribution in [-0.2, 0) is 14.9 Å². The molecule has 1 saturated heterocycles. The number of likely N-dealkylation sites (tertiary alicyclic amines) is 1.